The van der Waals surface area contributed by atoms with Crippen molar-refractivity contribution in [3.05, 3.63) is 113 Å². The zero-order chi connectivity index (χ0) is 30.7. The highest BCUT2D eigenvalue weighted by atomic mass is 19.3. The van der Waals surface area contributed by atoms with Crippen LogP contribution in [0.5, 0.6) is 0 Å². The standard InChI is InChI=1S/C32H23F6N5O/c33-19-9-16(10-20(34)13-19)11-25(28-21(4-2-8-40-28)18-6-5-17-3-1-7-39-24(17)12-18)41-26(44)15-43-30-27(29(42-43)31(35)36)22-14-23(22)32(30,37)38/h1-10,12-13,22-23,25,31H,11,14-15H2,(H,41,44). The number of nitrogens with zero attached hydrogens (tertiary/aromatic N) is 4. The predicted octanol–water partition coefficient (Wildman–Crippen LogP) is 7.02. The maximum absolute atomic E-state index is 15.1. The van der Waals surface area contributed by atoms with Crippen LogP contribution in [0.15, 0.2) is 73.1 Å². The Bertz CT molecular complexity index is 1900. The molecule has 0 aliphatic heterocycles. The highest BCUT2D eigenvalue weighted by Crippen LogP contribution is 2.68. The lowest BCUT2D eigenvalue weighted by atomic mass is 9.95. The van der Waals surface area contributed by atoms with Crippen LogP contribution in [0.2, 0.25) is 0 Å². The van der Waals surface area contributed by atoms with Gasteiger partial charge in [-0.3, -0.25) is 19.4 Å². The third-order valence-corrected chi connectivity index (χ3v) is 8.24. The number of hydrogen-bond acceptors (Lipinski definition) is 4. The number of alkyl halides is 4. The molecule has 1 N–H and O–H groups in total. The fraction of sp³-hybridized carbons (Fsp3) is 0.250. The summed E-state index contributed by atoms with van der Waals surface area (Å²) >= 11 is 0. The molecular weight excluding hydrogens is 584 g/mol. The van der Waals surface area contributed by atoms with Crippen molar-refractivity contribution >= 4 is 16.8 Å². The van der Waals surface area contributed by atoms with E-state index < -0.39 is 65.7 Å². The summed E-state index contributed by atoms with van der Waals surface area (Å²) < 4.78 is 86.6. The van der Waals surface area contributed by atoms with Gasteiger partial charge in [-0.05, 0) is 60.2 Å². The van der Waals surface area contributed by atoms with Crippen molar-refractivity contribution < 1.29 is 31.1 Å². The van der Waals surface area contributed by atoms with Crippen LogP contribution in [0, 0.1) is 17.6 Å². The van der Waals surface area contributed by atoms with E-state index in [2.05, 4.69) is 20.4 Å². The van der Waals surface area contributed by atoms with Gasteiger partial charge in [-0.15, -0.1) is 0 Å². The summed E-state index contributed by atoms with van der Waals surface area (Å²) in [5, 5.41) is 7.36. The Morgan fingerprint density at radius 1 is 0.977 bits per heavy atom. The topological polar surface area (TPSA) is 72.7 Å². The lowest BCUT2D eigenvalue weighted by Gasteiger charge is -2.22. The fourth-order valence-electron chi connectivity index (χ4n) is 6.31. The Kier molecular flexibility index (Phi) is 6.67. The summed E-state index contributed by atoms with van der Waals surface area (Å²) in [6.45, 7) is -0.764. The molecule has 5 aromatic rings. The molecule has 2 aromatic carbocycles. The monoisotopic (exact) mass is 607 g/mol. The Morgan fingerprint density at radius 2 is 1.73 bits per heavy atom. The van der Waals surface area contributed by atoms with Crippen LogP contribution < -0.4 is 5.32 Å². The van der Waals surface area contributed by atoms with Gasteiger partial charge in [0.1, 0.15) is 29.6 Å². The summed E-state index contributed by atoms with van der Waals surface area (Å²) in [6.07, 6.45) is 0.0421. The maximum atomic E-state index is 15.1. The van der Waals surface area contributed by atoms with Crippen molar-refractivity contribution in [2.24, 2.45) is 5.92 Å². The van der Waals surface area contributed by atoms with Gasteiger partial charge in [-0.1, -0.05) is 24.3 Å². The molecular formula is C32H23F6N5O. The molecule has 1 fully saturated rings. The summed E-state index contributed by atoms with van der Waals surface area (Å²) in [4.78, 5) is 22.3. The van der Waals surface area contributed by atoms with Crippen LogP contribution in [-0.2, 0) is 23.7 Å². The lowest BCUT2D eigenvalue weighted by Crippen LogP contribution is -2.35. The largest absolute Gasteiger partial charge is 0.346 e. The highest BCUT2D eigenvalue weighted by molar-refractivity contribution is 5.85. The molecule has 3 unspecified atom stereocenters. The minimum Gasteiger partial charge on any atom is -0.346 e. The third kappa shape index (κ3) is 4.87. The van der Waals surface area contributed by atoms with Gasteiger partial charge >= 0.3 is 0 Å². The van der Waals surface area contributed by atoms with Crippen molar-refractivity contribution in [2.45, 2.75) is 43.7 Å². The summed E-state index contributed by atoms with van der Waals surface area (Å²) in [5.41, 5.74) is 0.974. The van der Waals surface area contributed by atoms with Gasteiger partial charge in [0.2, 0.25) is 5.91 Å². The first-order valence-electron chi connectivity index (χ1n) is 13.9. The molecule has 44 heavy (non-hydrogen) atoms. The van der Waals surface area contributed by atoms with Crippen molar-refractivity contribution in [3.63, 3.8) is 0 Å². The smallest absolute Gasteiger partial charge is 0.293 e. The molecule has 2 aliphatic rings. The molecule has 224 valence electrons. The van der Waals surface area contributed by atoms with Crippen LogP contribution in [0.4, 0.5) is 26.3 Å². The highest BCUT2D eigenvalue weighted by Gasteiger charge is 2.67. The van der Waals surface area contributed by atoms with E-state index in [-0.39, 0.29) is 24.0 Å². The van der Waals surface area contributed by atoms with Crippen molar-refractivity contribution in [1.29, 1.82) is 0 Å². The number of nitrogens with one attached hydrogen (secondary N) is 1. The zero-order valence-corrected chi connectivity index (χ0v) is 22.8. The number of carbonyl (C=O) groups is 1. The Hall–Kier alpha value is -4.74. The van der Waals surface area contributed by atoms with Gasteiger partial charge in [0.05, 0.1) is 17.3 Å². The first kappa shape index (κ1) is 28.1. The number of aromatic nitrogens is 4. The Labute approximate surface area is 246 Å². The molecule has 2 aliphatic carbocycles. The molecule has 3 heterocycles. The minimum absolute atomic E-state index is 0.0939. The lowest BCUT2D eigenvalue weighted by molar-refractivity contribution is -0.123. The second-order valence-electron chi connectivity index (χ2n) is 11.1. The molecule has 6 nitrogen and oxygen atoms in total. The number of hydrogen-bond donors (Lipinski definition) is 1. The first-order valence-corrected chi connectivity index (χ1v) is 13.9. The first-order chi connectivity index (χ1) is 21.1. The summed E-state index contributed by atoms with van der Waals surface area (Å²) in [5.74, 6) is -7.63. The molecule has 0 radical (unpaired) electrons. The molecule has 12 heteroatoms. The third-order valence-electron chi connectivity index (χ3n) is 8.24. The zero-order valence-electron chi connectivity index (χ0n) is 22.8. The van der Waals surface area contributed by atoms with Crippen molar-refractivity contribution in [1.82, 2.24) is 25.1 Å². The number of pyridine rings is 2. The van der Waals surface area contributed by atoms with Crippen LogP contribution in [0.25, 0.3) is 22.0 Å². The molecule has 3 atom stereocenters. The van der Waals surface area contributed by atoms with Gasteiger partial charge in [-0.25, -0.2) is 17.6 Å². The number of amides is 1. The quantitative estimate of drug-likeness (QED) is 0.193. The van der Waals surface area contributed by atoms with Gasteiger partial charge in [0.15, 0.2) is 0 Å². The average Bonchev–Trinajstić information content (AvgIpc) is 3.64. The van der Waals surface area contributed by atoms with E-state index in [1.54, 1.807) is 24.4 Å². The number of carbonyl (C=O) groups excluding carboxylic acids is 1. The fourth-order valence-corrected chi connectivity index (χ4v) is 6.31. The second-order valence-corrected chi connectivity index (χ2v) is 11.1. The van der Waals surface area contributed by atoms with Crippen LogP contribution in [0.3, 0.4) is 0 Å². The second kappa shape index (κ2) is 10.5. The van der Waals surface area contributed by atoms with Gasteiger partial charge in [-0.2, -0.15) is 13.9 Å². The summed E-state index contributed by atoms with van der Waals surface area (Å²) in [6, 6.07) is 14.7. The number of fused-ring (bicyclic) bond motifs is 4. The molecule has 0 saturated heterocycles. The molecule has 0 spiro atoms. The van der Waals surface area contributed by atoms with E-state index in [9.17, 15) is 22.4 Å². The number of rotatable bonds is 8. The van der Waals surface area contributed by atoms with Gasteiger partial charge in [0.25, 0.3) is 12.3 Å². The van der Waals surface area contributed by atoms with E-state index in [1.165, 1.54) is 6.20 Å². The van der Waals surface area contributed by atoms with Gasteiger partial charge in [0, 0.05) is 40.9 Å². The molecule has 3 aromatic heterocycles. The van der Waals surface area contributed by atoms with E-state index in [4.69, 9.17) is 0 Å². The van der Waals surface area contributed by atoms with E-state index in [1.807, 2.05) is 24.3 Å². The number of benzene rings is 2. The van der Waals surface area contributed by atoms with E-state index in [0.717, 1.165) is 23.6 Å². The van der Waals surface area contributed by atoms with Crippen LogP contribution in [0.1, 0.15) is 53.0 Å². The van der Waals surface area contributed by atoms with E-state index in [0.29, 0.717) is 27.0 Å². The van der Waals surface area contributed by atoms with Crippen LogP contribution in [-0.4, -0.2) is 25.7 Å². The van der Waals surface area contributed by atoms with Gasteiger partial charge < -0.3 is 5.32 Å². The molecule has 7 rings (SSSR count). The maximum Gasteiger partial charge on any atom is 0.293 e. The van der Waals surface area contributed by atoms with E-state index >= 15 is 8.78 Å². The average molecular weight is 608 g/mol. The minimum atomic E-state index is -3.39. The van der Waals surface area contributed by atoms with Crippen molar-refractivity contribution in [2.75, 3.05) is 0 Å². The molecule has 1 saturated carbocycles. The predicted molar refractivity (Wildman–Crippen MR) is 148 cm³/mol. The Morgan fingerprint density at radius 3 is 2.50 bits per heavy atom. The SMILES string of the molecule is O=C(Cn1nc(C(F)F)c2c1C(F)(F)C1CC21)NC(Cc1cc(F)cc(F)c1)c1ncccc1-c1ccc2cccnc2c1. The normalized spacial score (nSPS) is 18.7. The Balaban J connectivity index is 1.25. The van der Waals surface area contributed by atoms with Crippen LogP contribution >= 0.6 is 0 Å². The molecule has 0 bridgehead atoms. The van der Waals surface area contributed by atoms with Crippen molar-refractivity contribution in [3.8, 4) is 11.1 Å². The number of halogens is 6. The molecule has 1 amide bonds. The summed E-state index contributed by atoms with van der Waals surface area (Å²) in [7, 11) is 0.